The number of nitrogens with zero attached hydrogens (tertiary/aromatic N) is 1. The molecule has 0 bridgehead atoms. The fourth-order valence-corrected chi connectivity index (χ4v) is 1.92. The van der Waals surface area contributed by atoms with Gasteiger partial charge in [0.05, 0.1) is 0 Å². The van der Waals surface area contributed by atoms with Crippen LogP contribution in [0.1, 0.15) is 5.56 Å². The Balaban J connectivity index is 2.13. The highest BCUT2D eigenvalue weighted by Crippen LogP contribution is 2.24. The van der Waals surface area contributed by atoms with E-state index in [1.807, 2.05) is 0 Å². The van der Waals surface area contributed by atoms with Crippen molar-refractivity contribution >= 4 is 29.0 Å². The van der Waals surface area contributed by atoms with Gasteiger partial charge < -0.3 is 5.32 Å². The van der Waals surface area contributed by atoms with Crippen LogP contribution in [0.3, 0.4) is 0 Å². The van der Waals surface area contributed by atoms with E-state index >= 15 is 0 Å². The molecule has 0 radical (unpaired) electrons. The topological polar surface area (TPSA) is 24.9 Å². The number of halogens is 3. The summed E-state index contributed by atoms with van der Waals surface area (Å²) in [6, 6.07) is 9.82. The highest BCUT2D eigenvalue weighted by Gasteiger charge is 2.05. The van der Waals surface area contributed by atoms with Crippen LogP contribution in [-0.4, -0.2) is 4.98 Å². The molecule has 88 valence electrons. The molecule has 2 nitrogen and oxygen atoms in total. The van der Waals surface area contributed by atoms with E-state index in [2.05, 4.69) is 10.3 Å². The van der Waals surface area contributed by atoms with Gasteiger partial charge in [0.25, 0.3) is 0 Å². The first-order valence-corrected chi connectivity index (χ1v) is 5.72. The summed E-state index contributed by atoms with van der Waals surface area (Å²) in [5, 5.41) is 4.10. The van der Waals surface area contributed by atoms with Gasteiger partial charge in [0.15, 0.2) is 0 Å². The molecule has 0 amide bonds. The molecule has 2 aromatic rings. The van der Waals surface area contributed by atoms with Gasteiger partial charge >= 0.3 is 0 Å². The van der Waals surface area contributed by atoms with Crippen LogP contribution in [0.2, 0.25) is 10.0 Å². The molecule has 1 heterocycles. The van der Waals surface area contributed by atoms with E-state index in [1.54, 1.807) is 30.3 Å². The van der Waals surface area contributed by atoms with Crippen molar-refractivity contribution in [2.45, 2.75) is 6.54 Å². The van der Waals surface area contributed by atoms with Crippen molar-refractivity contribution in [2.75, 3.05) is 5.32 Å². The minimum atomic E-state index is -0.528. The molecule has 5 heteroatoms. The summed E-state index contributed by atoms with van der Waals surface area (Å²) in [5.74, 6) is -0.0822. The molecule has 2 rings (SSSR count). The van der Waals surface area contributed by atoms with Crippen LogP contribution in [0.4, 0.5) is 10.2 Å². The quantitative estimate of drug-likeness (QED) is 0.848. The summed E-state index contributed by atoms with van der Waals surface area (Å²) < 4.78 is 12.8. The van der Waals surface area contributed by atoms with Gasteiger partial charge in [-0.25, -0.2) is 4.98 Å². The molecule has 0 aliphatic heterocycles. The molecule has 1 aromatic heterocycles. The van der Waals surface area contributed by atoms with Crippen molar-refractivity contribution in [1.82, 2.24) is 4.98 Å². The van der Waals surface area contributed by atoms with E-state index < -0.39 is 5.95 Å². The van der Waals surface area contributed by atoms with Crippen LogP contribution in [-0.2, 0) is 6.54 Å². The van der Waals surface area contributed by atoms with Crippen LogP contribution in [0, 0.1) is 5.95 Å². The molecule has 0 aliphatic rings. The fourth-order valence-electron chi connectivity index (χ4n) is 1.39. The highest BCUT2D eigenvalue weighted by molar-refractivity contribution is 6.36. The standard InChI is InChI=1S/C12H9Cl2FN2/c13-9-3-1-4-10(14)8(9)7-16-12-6-2-5-11(15)17-12/h1-6H,7H2,(H,16,17). The minimum Gasteiger partial charge on any atom is -0.366 e. The van der Waals surface area contributed by atoms with Gasteiger partial charge in [0.2, 0.25) is 5.95 Å². The zero-order valence-electron chi connectivity index (χ0n) is 8.75. The van der Waals surface area contributed by atoms with Gasteiger partial charge in [-0.15, -0.1) is 0 Å². The van der Waals surface area contributed by atoms with Crippen molar-refractivity contribution in [2.24, 2.45) is 0 Å². The Morgan fingerprint density at radius 1 is 1.06 bits per heavy atom. The SMILES string of the molecule is Fc1cccc(NCc2c(Cl)cccc2Cl)n1. The van der Waals surface area contributed by atoms with Gasteiger partial charge in [-0.3, -0.25) is 0 Å². The minimum absolute atomic E-state index is 0.398. The summed E-state index contributed by atoms with van der Waals surface area (Å²) in [7, 11) is 0. The normalized spacial score (nSPS) is 10.3. The summed E-state index contributed by atoms with van der Waals surface area (Å²) in [6.45, 7) is 0.398. The molecule has 0 spiro atoms. The predicted molar refractivity (Wildman–Crippen MR) is 68.0 cm³/mol. The number of rotatable bonds is 3. The third-order valence-electron chi connectivity index (χ3n) is 2.22. The first-order chi connectivity index (χ1) is 8.16. The van der Waals surface area contributed by atoms with Crippen molar-refractivity contribution in [3.8, 4) is 0 Å². The van der Waals surface area contributed by atoms with Gasteiger partial charge in [0, 0.05) is 22.2 Å². The number of anilines is 1. The van der Waals surface area contributed by atoms with E-state index in [0.717, 1.165) is 5.56 Å². The number of nitrogens with one attached hydrogen (secondary N) is 1. The number of benzene rings is 1. The number of hydrogen-bond donors (Lipinski definition) is 1. The maximum Gasteiger partial charge on any atom is 0.214 e. The van der Waals surface area contributed by atoms with E-state index in [-0.39, 0.29) is 0 Å². The molecule has 0 saturated carbocycles. The molecule has 0 atom stereocenters. The van der Waals surface area contributed by atoms with Gasteiger partial charge in [-0.05, 0) is 24.3 Å². The van der Waals surface area contributed by atoms with Crippen LogP contribution in [0.25, 0.3) is 0 Å². The maximum atomic E-state index is 12.8. The summed E-state index contributed by atoms with van der Waals surface area (Å²) in [6.07, 6.45) is 0. The van der Waals surface area contributed by atoms with Crippen molar-refractivity contribution in [3.63, 3.8) is 0 Å². The Morgan fingerprint density at radius 3 is 2.35 bits per heavy atom. The summed E-state index contributed by atoms with van der Waals surface area (Å²) in [4.78, 5) is 3.68. The largest absolute Gasteiger partial charge is 0.366 e. The van der Waals surface area contributed by atoms with Crippen molar-refractivity contribution in [3.05, 3.63) is 58.0 Å². The van der Waals surface area contributed by atoms with Crippen LogP contribution in [0.15, 0.2) is 36.4 Å². The lowest BCUT2D eigenvalue weighted by Crippen LogP contribution is -2.03. The molecule has 0 unspecified atom stereocenters. The molecular formula is C12H9Cl2FN2. The zero-order valence-corrected chi connectivity index (χ0v) is 10.3. The van der Waals surface area contributed by atoms with E-state index in [9.17, 15) is 4.39 Å². The second-order valence-electron chi connectivity index (χ2n) is 3.40. The second-order valence-corrected chi connectivity index (χ2v) is 4.21. The molecule has 17 heavy (non-hydrogen) atoms. The lowest BCUT2D eigenvalue weighted by Gasteiger charge is -2.08. The van der Waals surface area contributed by atoms with Gasteiger partial charge in [0.1, 0.15) is 5.82 Å². The molecule has 1 N–H and O–H groups in total. The Morgan fingerprint density at radius 2 is 1.71 bits per heavy atom. The van der Waals surface area contributed by atoms with Gasteiger partial charge in [-0.1, -0.05) is 35.3 Å². The van der Waals surface area contributed by atoms with Crippen LogP contribution in [0.5, 0.6) is 0 Å². The van der Waals surface area contributed by atoms with Crippen molar-refractivity contribution in [1.29, 1.82) is 0 Å². The van der Waals surface area contributed by atoms with E-state index in [4.69, 9.17) is 23.2 Å². The zero-order chi connectivity index (χ0) is 12.3. The molecule has 0 saturated heterocycles. The monoisotopic (exact) mass is 270 g/mol. The maximum absolute atomic E-state index is 12.8. The Labute approximate surface area is 108 Å². The summed E-state index contributed by atoms with van der Waals surface area (Å²) >= 11 is 12.0. The molecular weight excluding hydrogens is 262 g/mol. The van der Waals surface area contributed by atoms with Crippen LogP contribution >= 0.6 is 23.2 Å². The van der Waals surface area contributed by atoms with Gasteiger partial charge in [-0.2, -0.15) is 4.39 Å². The first kappa shape index (κ1) is 12.1. The molecule has 0 fully saturated rings. The Bertz CT molecular complexity index is 511. The van der Waals surface area contributed by atoms with E-state index in [0.29, 0.717) is 22.4 Å². The Kier molecular flexibility index (Phi) is 3.82. The third-order valence-corrected chi connectivity index (χ3v) is 2.93. The fraction of sp³-hybridized carbons (Fsp3) is 0.0833. The average molecular weight is 271 g/mol. The van der Waals surface area contributed by atoms with Crippen molar-refractivity contribution < 1.29 is 4.39 Å². The first-order valence-electron chi connectivity index (χ1n) is 4.96. The number of pyridine rings is 1. The highest BCUT2D eigenvalue weighted by atomic mass is 35.5. The summed E-state index contributed by atoms with van der Waals surface area (Å²) in [5.41, 5.74) is 0.766. The molecule has 1 aromatic carbocycles. The average Bonchev–Trinajstić information content (AvgIpc) is 2.28. The number of hydrogen-bond acceptors (Lipinski definition) is 2. The Hall–Kier alpha value is -1.32. The second kappa shape index (κ2) is 5.34. The lowest BCUT2D eigenvalue weighted by atomic mass is 10.2. The van der Waals surface area contributed by atoms with Crippen LogP contribution < -0.4 is 5.32 Å². The lowest BCUT2D eigenvalue weighted by molar-refractivity contribution is 0.585. The molecule has 0 aliphatic carbocycles. The predicted octanol–water partition coefficient (Wildman–Crippen LogP) is 4.14. The van der Waals surface area contributed by atoms with E-state index in [1.165, 1.54) is 6.07 Å². The number of aromatic nitrogens is 1. The third kappa shape index (κ3) is 3.08. The smallest absolute Gasteiger partial charge is 0.214 e.